The molecule has 2 amide bonds. The molecule has 0 aliphatic rings. The summed E-state index contributed by atoms with van der Waals surface area (Å²) in [7, 11) is 0. The number of aryl methyl sites for hydroxylation is 1. The van der Waals surface area contributed by atoms with E-state index >= 15 is 0 Å². The van der Waals surface area contributed by atoms with Gasteiger partial charge >= 0.3 is 0 Å². The Labute approximate surface area is 106 Å². The number of nitrogens with two attached hydrogens (primary N) is 1. The molecule has 0 saturated heterocycles. The number of carbonyl (C=O) groups excluding carboxylic acids is 2. The maximum Gasteiger partial charge on any atom is 0.272 e. The van der Waals surface area contributed by atoms with Gasteiger partial charge in [0.15, 0.2) is 0 Å². The quantitative estimate of drug-likeness (QED) is 0.650. The summed E-state index contributed by atoms with van der Waals surface area (Å²) >= 11 is 0. The minimum Gasteiger partial charge on any atom is -0.396 e. The van der Waals surface area contributed by atoms with E-state index in [4.69, 9.17) is 5.73 Å². The highest BCUT2D eigenvalue weighted by atomic mass is 16.2. The molecule has 0 radical (unpaired) electrons. The number of nitrogen functional groups attached to an aromatic ring is 1. The molecule has 7 heteroatoms. The summed E-state index contributed by atoms with van der Waals surface area (Å²) in [5.41, 5.74) is 6.26. The second-order valence-corrected chi connectivity index (χ2v) is 3.80. The Morgan fingerprint density at radius 1 is 1.39 bits per heavy atom. The van der Waals surface area contributed by atoms with Crippen molar-refractivity contribution in [3.63, 3.8) is 0 Å². The van der Waals surface area contributed by atoms with E-state index in [1.807, 2.05) is 13.8 Å². The monoisotopic (exact) mass is 253 g/mol. The molecule has 0 spiro atoms. The van der Waals surface area contributed by atoms with Crippen LogP contribution in [0.3, 0.4) is 0 Å². The van der Waals surface area contributed by atoms with Crippen LogP contribution in [0.25, 0.3) is 0 Å². The van der Waals surface area contributed by atoms with E-state index in [1.54, 1.807) is 0 Å². The minimum atomic E-state index is -0.390. The van der Waals surface area contributed by atoms with Crippen molar-refractivity contribution in [2.24, 2.45) is 0 Å². The van der Waals surface area contributed by atoms with Crippen molar-refractivity contribution in [2.45, 2.75) is 26.8 Å². The zero-order valence-electron chi connectivity index (χ0n) is 10.7. The largest absolute Gasteiger partial charge is 0.396 e. The van der Waals surface area contributed by atoms with Crippen LogP contribution in [0.5, 0.6) is 0 Å². The predicted octanol–water partition coefficient (Wildman–Crippen LogP) is -0.259. The normalized spacial score (nSPS) is 10.1. The van der Waals surface area contributed by atoms with Gasteiger partial charge in [0.2, 0.25) is 5.91 Å². The van der Waals surface area contributed by atoms with Crippen LogP contribution in [0.4, 0.5) is 5.69 Å². The molecule has 0 unspecified atom stereocenters. The van der Waals surface area contributed by atoms with E-state index in [-0.39, 0.29) is 12.5 Å². The molecule has 1 aromatic heterocycles. The van der Waals surface area contributed by atoms with Gasteiger partial charge in [0, 0.05) is 13.1 Å². The highest BCUT2D eigenvalue weighted by Crippen LogP contribution is 2.09. The lowest BCUT2D eigenvalue weighted by atomic mass is 10.3. The first-order chi connectivity index (χ1) is 8.60. The summed E-state index contributed by atoms with van der Waals surface area (Å²) in [6.45, 7) is 4.90. The van der Waals surface area contributed by atoms with Gasteiger partial charge in [0.25, 0.3) is 5.91 Å². The van der Waals surface area contributed by atoms with Gasteiger partial charge in [-0.3, -0.25) is 14.3 Å². The van der Waals surface area contributed by atoms with Crippen LogP contribution in [-0.4, -0.2) is 34.7 Å². The van der Waals surface area contributed by atoms with Gasteiger partial charge in [-0.25, -0.2) is 0 Å². The Balaban J connectivity index is 2.55. The van der Waals surface area contributed by atoms with E-state index in [9.17, 15) is 9.59 Å². The van der Waals surface area contributed by atoms with Gasteiger partial charge in [0.05, 0.1) is 18.4 Å². The van der Waals surface area contributed by atoms with Crippen molar-refractivity contribution >= 4 is 17.5 Å². The molecule has 4 N–H and O–H groups in total. The fraction of sp³-hybridized carbons (Fsp3) is 0.545. The molecule has 0 fully saturated rings. The smallest absolute Gasteiger partial charge is 0.272 e. The van der Waals surface area contributed by atoms with Gasteiger partial charge in [-0.2, -0.15) is 5.10 Å². The minimum absolute atomic E-state index is 0.0623. The fourth-order valence-electron chi connectivity index (χ4n) is 1.46. The highest BCUT2D eigenvalue weighted by Gasteiger charge is 2.16. The number of anilines is 1. The maximum atomic E-state index is 11.9. The zero-order chi connectivity index (χ0) is 13.5. The number of nitrogens with zero attached hydrogens (tertiary/aromatic N) is 2. The Bertz CT molecular complexity index is 427. The lowest BCUT2D eigenvalue weighted by Crippen LogP contribution is -2.38. The van der Waals surface area contributed by atoms with E-state index in [2.05, 4.69) is 15.7 Å². The van der Waals surface area contributed by atoms with E-state index in [0.29, 0.717) is 24.5 Å². The van der Waals surface area contributed by atoms with Crippen LogP contribution in [-0.2, 0) is 11.3 Å². The first-order valence-corrected chi connectivity index (χ1v) is 5.96. The second-order valence-electron chi connectivity index (χ2n) is 3.80. The number of hydrogen-bond donors (Lipinski definition) is 3. The zero-order valence-corrected chi connectivity index (χ0v) is 10.7. The molecular weight excluding hydrogens is 234 g/mol. The molecule has 1 aromatic rings. The van der Waals surface area contributed by atoms with E-state index in [0.717, 1.165) is 6.42 Å². The summed E-state index contributed by atoms with van der Waals surface area (Å²) in [5.74, 6) is -0.607. The molecule has 0 bridgehead atoms. The highest BCUT2D eigenvalue weighted by molar-refractivity contribution is 5.99. The molecule has 0 saturated carbocycles. The van der Waals surface area contributed by atoms with Crippen LogP contribution < -0.4 is 16.4 Å². The average Bonchev–Trinajstić information content (AvgIpc) is 2.74. The molecule has 1 rings (SSSR count). The van der Waals surface area contributed by atoms with E-state index in [1.165, 1.54) is 10.9 Å². The van der Waals surface area contributed by atoms with Crippen LogP contribution in [0, 0.1) is 0 Å². The summed E-state index contributed by atoms with van der Waals surface area (Å²) in [6.07, 6.45) is 2.28. The molecule has 7 nitrogen and oxygen atoms in total. The first-order valence-electron chi connectivity index (χ1n) is 5.96. The topological polar surface area (TPSA) is 102 Å². The first kappa shape index (κ1) is 14.0. The van der Waals surface area contributed by atoms with Crippen molar-refractivity contribution in [1.29, 1.82) is 0 Å². The molecule has 18 heavy (non-hydrogen) atoms. The molecule has 0 aromatic carbocycles. The van der Waals surface area contributed by atoms with Crippen LogP contribution in [0.15, 0.2) is 6.20 Å². The van der Waals surface area contributed by atoms with Crippen LogP contribution in [0.2, 0.25) is 0 Å². The van der Waals surface area contributed by atoms with Gasteiger partial charge in [-0.05, 0) is 13.3 Å². The van der Waals surface area contributed by atoms with Crippen molar-refractivity contribution in [3.8, 4) is 0 Å². The summed E-state index contributed by atoms with van der Waals surface area (Å²) in [4.78, 5) is 23.2. The molecular formula is C11H19N5O2. The van der Waals surface area contributed by atoms with Gasteiger partial charge in [-0.15, -0.1) is 0 Å². The lowest BCUT2D eigenvalue weighted by molar-refractivity contribution is -0.120. The van der Waals surface area contributed by atoms with Gasteiger partial charge in [-0.1, -0.05) is 6.92 Å². The van der Waals surface area contributed by atoms with Crippen LogP contribution in [0.1, 0.15) is 30.8 Å². The number of hydrogen-bond acceptors (Lipinski definition) is 4. The molecule has 1 heterocycles. The second kappa shape index (κ2) is 6.63. The SMILES string of the molecule is CCCNC(=O)CNC(=O)c1c(N)cnn1CC. The van der Waals surface area contributed by atoms with Gasteiger partial charge < -0.3 is 16.4 Å². The summed E-state index contributed by atoms with van der Waals surface area (Å²) in [5, 5.41) is 9.15. The number of amides is 2. The molecule has 100 valence electrons. The standard InChI is InChI=1S/C11H19N5O2/c1-3-5-13-9(17)7-14-11(18)10-8(12)6-15-16(10)4-2/h6H,3-5,7,12H2,1-2H3,(H,13,17)(H,14,18). The molecule has 0 aliphatic heterocycles. The lowest BCUT2D eigenvalue weighted by Gasteiger charge is -2.08. The van der Waals surface area contributed by atoms with Gasteiger partial charge in [0.1, 0.15) is 5.69 Å². The third kappa shape index (κ3) is 3.47. The Hall–Kier alpha value is -2.05. The predicted molar refractivity (Wildman–Crippen MR) is 67.9 cm³/mol. The molecule has 0 aliphatic carbocycles. The third-order valence-electron chi connectivity index (χ3n) is 2.36. The summed E-state index contributed by atoms with van der Waals surface area (Å²) in [6, 6.07) is 0. The Morgan fingerprint density at radius 3 is 2.72 bits per heavy atom. The third-order valence-corrected chi connectivity index (χ3v) is 2.36. The van der Waals surface area contributed by atoms with Crippen LogP contribution >= 0.6 is 0 Å². The summed E-state index contributed by atoms with van der Waals surface area (Å²) < 4.78 is 1.49. The average molecular weight is 253 g/mol. The Kier molecular flexibility index (Phi) is 5.16. The van der Waals surface area contributed by atoms with Crippen molar-refractivity contribution in [2.75, 3.05) is 18.8 Å². The Morgan fingerprint density at radius 2 is 2.11 bits per heavy atom. The van der Waals surface area contributed by atoms with E-state index < -0.39 is 5.91 Å². The number of aromatic nitrogens is 2. The number of carbonyl (C=O) groups is 2. The fourth-order valence-corrected chi connectivity index (χ4v) is 1.46. The van der Waals surface area contributed by atoms with Crippen molar-refractivity contribution in [3.05, 3.63) is 11.9 Å². The number of rotatable bonds is 6. The number of nitrogens with one attached hydrogen (secondary N) is 2. The van der Waals surface area contributed by atoms with Crippen molar-refractivity contribution in [1.82, 2.24) is 20.4 Å². The molecule has 0 atom stereocenters. The van der Waals surface area contributed by atoms with Crippen molar-refractivity contribution < 1.29 is 9.59 Å². The maximum absolute atomic E-state index is 11.9.